The van der Waals surface area contributed by atoms with Gasteiger partial charge in [0.15, 0.2) is 0 Å². The Balaban J connectivity index is 1.34. The molecule has 3 saturated heterocycles. The highest BCUT2D eigenvalue weighted by molar-refractivity contribution is 8.03. The molecule has 7 atom stereocenters. The van der Waals surface area contributed by atoms with Crippen molar-refractivity contribution >= 4 is 41.4 Å². The molecule has 3 fully saturated rings. The Morgan fingerprint density at radius 2 is 2.03 bits per heavy atom. The summed E-state index contributed by atoms with van der Waals surface area (Å²) >= 11 is 1.42. The fraction of sp³-hybridized carbons (Fsp3) is 0.708. The largest absolute Gasteiger partial charge is 0.477 e. The minimum Gasteiger partial charge on any atom is -0.477 e. The van der Waals surface area contributed by atoms with Crippen molar-refractivity contribution in [2.45, 2.75) is 63.1 Å². The maximum atomic E-state index is 13.1. The summed E-state index contributed by atoms with van der Waals surface area (Å²) in [5, 5.41) is 18.7. The molecule has 4 aliphatic heterocycles. The van der Waals surface area contributed by atoms with Gasteiger partial charge in [0.1, 0.15) is 11.8 Å². The highest BCUT2D eigenvalue weighted by Crippen LogP contribution is 2.51. The first-order valence-corrected chi connectivity index (χ1v) is 13.8. The van der Waals surface area contributed by atoms with Gasteiger partial charge >= 0.3 is 5.97 Å². The Morgan fingerprint density at radius 1 is 1.29 bits per heavy atom. The monoisotopic (exact) mass is 552 g/mol. The van der Waals surface area contributed by atoms with E-state index in [9.17, 15) is 29.1 Å². The van der Waals surface area contributed by atoms with Gasteiger partial charge in [0, 0.05) is 48.7 Å². The van der Waals surface area contributed by atoms with Gasteiger partial charge in [0.25, 0.3) is 5.91 Å². The number of carboxylic acids is 1. The number of nitrogens with zero attached hydrogens (tertiary/aromatic N) is 2. The van der Waals surface area contributed by atoms with Gasteiger partial charge in [0.2, 0.25) is 17.7 Å². The molecule has 4 rings (SSSR count). The highest BCUT2D eigenvalue weighted by atomic mass is 32.2. The third kappa shape index (κ3) is 5.53. The van der Waals surface area contributed by atoms with Crippen LogP contribution in [-0.4, -0.2) is 107 Å². The fourth-order valence-electron chi connectivity index (χ4n) is 5.86. The quantitative estimate of drug-likeness (QED) is 0.161. The van der Waals surface area contributed by atoms with E-state index in [0.717, 1.165) is 0 Å². The Labute approximate surface area is 225 Å². The molecule has 5 N–H and O–H groups in total. The van der Waals surface area contributed by atoms with Crippen LogP contribution in [-0.2, 0) is 28.8 Å². The lowest BCUT2D eigenvalue weighted by atomic mass is 9.78. The van der Waals surface area contributed by atoms with Crippen LogP contribution in [0.25, 0.3) is 0 Å². The molecule has 0 aromatic rings. The van der Waals surface area contributed by atoms with Gasteiger partial charge in [-0.15, -0.1) is 11.8 Å². The van der Waals surface area contributed by atoms with E-state index >= 15 is 0 Å². The molecule has 4 amide bonds. The number of fused-ring (bicyclic) bond motifs is 1. The Morgan fingerprint density at radius 3 is 2.68 bits per heavy atom. The van der Waals surface area contributed by atoms with Gasteiger partial charge < -0.3 is 30.9 Å². The standard InChI is InChI=1S/C24H36N6O7S/c1-11-19-18(12(2)27-13(3)31)23(34)30(19)20(24(35)36)21(11)38-15-7-16(26-8-15)22(33)29-6-5-14(10-29)37-28-17(32)9-25-4/h11-12,14-16,18-19,25-26H,5-10H2,1-4H3,(H,27,31)(H,28,32)(H,35,36)/t11-,12-,14+,15+,16+,18-,19+/m1/s1. The van der Waals surface area contributed by atoms with Crippen molar-refractivity contribution in [3.8, 4) is 0 Å². The van der Waals surface area contributed by atoms with Crippen LogP contribution in [0.2, 0.25) is 0 Å². The summed E-state index contributed by atoms with van der Waals surface area (Å²) in [6, 6.07) is -1.12. The van der Waals surface area contributed by atoms with Crippen LogP contribution in [0.3, 0.4) is 0 Å². The van der Waals surface area contributed by atoms with E-state index in [1.807, 2.05) is 6.92 Å². The number of amides is 4. The average molecular weight is 553 g/mol. The molecular weight excluding hydrogens is 516 g/mol. The minimum absolute atomic E-state index is 0.0124. The van der Waals surface area contributed by atoms with Crippen molar-refractivity contribution < 1.29 is 33.9 Å². The van der Waals surface area contributed by atoms with E-state index in [0.29, 0.717) is 37.4 Å². The van der Waals surface area contributed by atoms with Crippen molar-refractivity contribution in [1.82, 2.24) is 31.2 Å². The number of carbonyl (C=O) groups is 5. The maximum Gasteiger partial charge on any atom is 0.353 e. The number of nitrogens with one attached hydrogen (secondary N) is 4. The molecule has 0 saturated carbocycles. The van der Waals surface area contributed by atoms with E-state index in [1.165, 1.54) is 23.6 Å². The van der Waals surface area contributed by atoms with Crippen LogP contribution in [0.4, 0.5) is 0 Å². The van der Waals surface area contributed by atoms with Gasteiger partial charge in [-0.05, 0) is 26.8 Å². The average Bonchev–Trinajstić information content (AvgIpc) is 3.56. The van der Waals surface area contributed by atoms with E-state index < -0.39 is 24.0 Å². The molecule has 0 unspecified atom stereocenters. The molecule has 0 radical (unpaired) electrons. The molecule has 4 aliphatic rings. The number of hydrogen-bond acceptors (Lipinski definition) is 9. The zero-order chi connectivity index (χ0) is 27.7. The van der Waals surface area contributed by atoms with Crippen molar-refractivity contribution in [1.29, 1.82) is 0 Å². The summed E-state index contributed by atoms with van der Waals surface area (Å²) < 4.78 is 0. The first kappa shape index (κ1) is 28.3. The number of carboxylic acid groups (broad SMARTS) is 1. The molecule has 0 spiro atoms. The van der Waals surface area contributed by atoms with Crippen LogP contribution in [0.5, 0.6) is 0 Å². The molecule has 38 heavy (non-hydrogen) atoms. The number of thioether (sulfide) groups is 1. The topological polar surface area (TPSA) is 169 Å². The first-order chi connectivity index (χ1) is 18.0. The molecule has 14 heteroatoms. The summed E-state index contributed by atoms with van der Waals surface area (Å²) in [4.78, 5) is 70.5. The van der Waals surface area contributed by atoms with Crippen LogP contribution in [0, 0.1) is 11.8 Å². The number of rotatable bonds is 10. The summed E-state index contributed by atoms with van der Waals surface area (Å²) in [6.07, 6.45) is 0.869. The van der Waals surface area contributed by atoms with Gasteiger partial charge in [-0.1, -0.05) is 6.92 Å². The zero-order valence-electron chi connectivity index (χ0n) is 22.0. The lowest BCUT2D eigenvalue weighted by Crippen LogP contribution is -2.66. The third-order valence-corrected chi connectivity index (χ3v) is 9.09. The van der Waals surface area contributed by atoms with Crippen LogP contribution < -0.4 is 21.4 Å². The molecule has 4 heterocycles. The number of hydrogen-bond donors (Lipinski definition) is 5. The summed E-state index contributed by atoms with van der Waals surface area (Å²) in [5.41, 5.74) is 2.41. The fourth-order valence-corrected chi connectivity index (χ4v) is 7.34. The predicted octanol–water partition coefficient (Wildman–Crippen LogP) is -1.38. The summed E-state index contributed by atoms with van der Waals surface area (Å²) in [5.74, 6) is -2.69. The summed E-state index contributed by atoms with van der Waals surface area (Å²) in [6.45, 7) is 6.65. The van der Waals surface area contributed by atoms with Crippen molar-refractivity contribution in [2.75, 3.05) is 33.2 Å². The first-order valence-electron chi connectivity index (χ1n) is 12.9. The SMILES string of the molecule is CNCC(=O)NO[C@H]1CCN(C(=O)[C@@H]2C[C@H](SC3=C(C(=O)O)N4C(=O)[C@H]([C@@H](C)NC(C)=O)[C@@H]4[C@H]3C)CN2)C1. The Kier molecular flexibility index (Phi) is 8.65. The molecule has 13 nitrogen and oxygen atoms in total. The number of likely N-dealkylation sites (tertiary alicyclic amines) is 1. The predicted molar refractivity (Wildman–Crippen MR) is 137 cm³/mol. The van der Waals surface area contributed by atoms with Crippen molar-refractivity contribution in [3.05, 3.63) is 10.6 Å². The van der Waals surface area contributed by atoms with E-state index in [2.05, 4.69) is 21.4 Å². The van der Waals surface area contributed by atoms with E-state index in [-0.39, 0.29) is 59.2 Å². The molecule has 0 bridgehead atoms. The number of hydroxylamine groups is 1. The van der Waals surface area contributed by atoms with Crippen molar-refractivity contribution in [2.24, 2.45) is 11.8 Å². The second-order valence-electron chi connectivity index (χ2n) is 10.3. The maximum absolute atomic E-state index is 13.1. The van der Waals surface area contributed by atoms with Gasteiger partial charge in [0.05, 0.1) is 24.5 Å². The molecule has 0 aromatic carbocycles. The van der Waals surface area contributed by atoms with E-state index in [1.54, 1.807) is 18.9 Å². The number of likely N-dealkylation sites (N-methyl/N-ethyl adjacent to an activating group) is 1. The minimum atomic E-state index is -1.15. The molecular formula is C24H36N6O7S. The molecule has 0 aromatic heterocycles. The van der Waals surface area contributed by atoms with Crippen LogP contribution in [0.15, 0.2) is 10.6 Å². The van der Waals surface area contributed by atoms with Crippen LogP contribution >= 0.6 is 11.8 Å². The molecule has 0 aliphatic carbocycles. The molecule has 210 valence electrons. The van der Waals surface area contributed by atoms with E-state index in [4.69, 9.17) is 4.84 Å². The zero-order valence-corrected chi connectivity index (χ0v) is 22.8. The second-order valence-corrected chi connectivity index (χ2v) is 11.7. The van der Waals surface area contributed by atoms with Crippen molar-refractivity contribution in [3.63, 3.8) is 0 Å². The Hall–Kier alpha value is -2.68. The number of β-lactam (4-membered cyclic amide) rings is 1. The lowest BCUT2D eigenvalue weighted by molar-refractivity contribution is -0.158. The second kappa shape index (κ2) is 11.6. The summed E-state index contributed by atoms with van der Waals surface area (Å²) in [7, 11) is 1.66. The third-order valence-electron chi connectivity index (χ3n) is 7.58. The number of carbonyl (C=O) groups excluding carboxylic acids is 4. The smallest absolute Gasteiger partial charge is 0.353 e. The Bertz CT molecular complexity index is 1040. The van der Waals surface area contributed by atoms with Gasteiger partial charge in [-0.25, -0.2) is 10.3 Å². The van der Waals surface area contributed by atoms with Crippen LogP contribution in [0.1, 0.15) is 33.6 Å². The van der Waals surface area contributed by atoms with Gasteiger partial charge in [-0.3, -0.25) is 24.0 Å². The highest BCUT2D eigenvalue weighted by Gasteiger charge is 2.60. The lowest BCUT2D eigenvalue weighted by Gasteiger charge is -2.47. The normalized spacial score (nSPS) is 31.2. The number of aliphatic carboxylic acids is 1. The van der Waals surface area contributed by atoms with Gasteiger partial charge in [-0.2, -0.15) is 0 Å².